The molecular formula is C26H28ClN5O2. The molecule has 0 radical (unpaired) electrons. The molecule has 5 rings (SSSR count). The van der Waals surface area contributed by atoms with Crippen LogP contribution in [0.1, 0.15) is 48.3 Å². The largest absolute Gasteiger partial charge is 0.338 e. The zero-order chi connectivity index (χ0) is 23.5. The minimum absolute atomic E-state index is 0.0577. The quantitative estimate of drug-likeness (QED) is 0.584. The van der Waals surface area contributed by atoms with Gasteiger partial charge in [0.25, 0.3) is 5.91 Å². The molecule has 1 N–H and O–H groups in total. The first kappa shape index (κ1) is 22.6. The van der Waals surface area contributed by atoms with Gasteiger partial charge in [-0.05, 0) is 74.2 Å². The molecule has 3 aromatic rings. The number of hydrogen-bond donors (Lipinski definition) is 1. The fourth-order valence-corrected chi connectivity index (χ4v) is 4.92. The standard InChI is InChI=1S/C26H28ClN5O2/c27-21-11-7-19(8-12-21)26(34)31-15-4-5-20(17-31)25(33)28-22-13-9-18(10-14-22)24-30-29-23-6-2-1-3-16-32(23)24/h7-14,20H,1-6,15-17H2,(H,28,33). The van der Waals surface area contributed by atoms with Crippen LogP contribution in [-0.4, -0.2) is 44.6 Å². The van der Waals surface area contributed by atoms with Gasteiger partial charge in [0.05, 0.1) is 5.92 Å². The highest BCUT2D eigenvalue weighted by Crippen LogP contribution is 2.25. The molecule has 0 bridgehead atoms. The molecule has 2 aromatic carbocycles. The minimum atomic E-state index is -0.239. The third kappa shape index (κ3) is 4.85. The van der Waals surface area contributed by atoms with Crippen molar-refractivity contribution in [3.05, 3.63) is 64.9 Å². The van der Waals surface area contributed by atoms with Gasteiger partial charge in [-0.25, -0.2) is 0 Å². The maximum Gasteiger partial charge on any atom is 0.253 e. The van der Waals surface area contributed by atoms with Crippen molar-refractivity contribution in [2.45, 2.75) is 45.1 Å². The second kappa shape index (κ2) is 9.97. The molecule has 2 aliphatic rings. The van der Waals surface area contributed by atoms with Gasteiger partial charge in [0.2, 0.25) is 5.91 Å². The Bertz CT molecular complexity index is 1170. The van der Waals surface area contributed by atoms with Gasteiger partial charge in [0, 0.05) is 47.9 Å². The van der Waals surface area contributed by atoms with E-state index in [-0.39, 0.29) is 17.7 Å². The van der Waals surface area contributed by atoms with E-state index in [9.17, 15) is 9.59 Å². The molecule has 1 saturated heterocycles. The van der Waals surface area contributed by atoms with Gasteiger partial charge >= 0.3 is 0 Å². The van der Waals surface area contributed by atoms with Gasteiger partial charge in [0.1, 0.15) is 5.82 Å². The van der Waals surface area contributed by atoms with Crippen LogP contribution in [0.15, 0.2) is 48.5 Å². The Labute approximate surface area is 204 Å². The average Bonchev–Trinajstić information content (AvgIpc) is 3.12. The summed E-state index contributed by atoms with van der Waals surface area (Å²) in [5.41, 5.74) is 2.33. The molecule has 1 aromatic heterocycles. The van der Waals surface area contributed by atoms with Crippen LogP contribution in [0, 0.1) is 5.92 Å². The summed E-state index contributed by atoms with van der Waals surface area (Å²) >= 11 is 5.93. The molecule has 0 spiro atoms. The number of carbonyl (C=O) groups is 2. The summed E-state index contributed by atoms with van der Waals surface area (Å²) < 4.78 is 2.22. The molecule has 1 atom stereocenters. The smallest absolute Gasteiger partial charge is 0.253 e. The predicted molar refractivity (Wildman–Crippen MR) is 132 cm³/mol. The number of carbonyl (C=O) groups excluding carboxylic acids is 2. The van der Waals surface area contributed by atoms with Crippen molar-refractivity contribution < 1.29 is 9.59 Å². The zero-order valence-corrected chi connectivity index (χ0v) is 19.8. The number of anilines is 1. The predicted octanol–water partition coefficient (Wildman–Crippen LogP) is 4.82. The lowest BCUT2D eigenvalue weighted by molar-refractivity contribution is -0.121. The molecular weight excluding hydrogens is 450 g/mol. The number of nitrogens with zero attached hydrogens (tertiary/aromatic N) is 4. The number of halogens is 1. The van der Waals surface area contributed by atoms with Crippen molar-refractivity contribution in [2.24, 2.45) is 5.92 Å². The highest BCUT2D eigenvalue weighted by atomic mass is 35.5. The first-order valence-corrected chi connectivity index (χ1v) is 12.3. The molecule has 7 nitrogen and oxygen atoms in total. The van der Waals surface area contributed by atoms with Crippen molar-refractivity contribution in [2.75, 3.05) is 18.4 Å². The number of benzene rings is 2. The Morgan fingerprint density at radius 3 is 2.50 bits per heavy atom. The number of amides is 2. The van der Waals surface area contributed by atoms with Crippen molar-refractivity contribution in [3.8, 4) is 11.4 Å². The number of aryl methyl sites for hydroxylation is 1. The van der Waals surface area contributed by atoms with Gasteiger partial charge in [-0.1, -0.05) is 18.0 Å². The van der Waals surface area contributed by atoms with Crippen LogP contribution in [0.2, 0.25) is 5.02 Å². The van der Waals surface area contributed by atoms with Crippen molar-refractivity contribution in [1.29, 1.82) is 0 Å². The Balaban J connectivity index is 1.22. The molecule has 3 heterocycles. The molecule has 176 valence electrons. The third-order valence-corrected chi connectivity index (χ3v) is 6.94. The molecule has 0 aliphatic carbocycles. The van der Waals surface area contributed by atoms with Crippen LogP contribution in [0.5, 0.6) is 0 Å². The third-order valence-electron chi connectivity index (χ3n) is 6.69. The molecule has 1 unspecified atom stereocenters. The first-order chi connectivity index (χ1) is 16.6. The van der Waals surface area contributed by atoms with E-state index in [4.69, 9.17) is 11.6 Å². The number of piperidine rings is 1. The van der Waals surface area contributed by atoms with E-state index >= 15 is 0 Å². The van der Waals surface area contributed by atoms with Crippen molar-refractivity contribution in [3.63, 3.8) is 0 Å². The molecule has 0 saturated carbocycles. The maximum atomic E-state index is 13.0. The lowest BCUT2D eigenvalue weighted by Gasteiger charge is -2.32. The highest BCUT2D eigenvalue weighted by molar-refractivity contribution is 6.30. The van der Waals surface area contributed by atoms with E-state index in [1.165, 1.54) is 6.42 Å². The summed E-state index contributed by atoms with van der Waals surface area (Å²) in [4.78, 5) is 27.6. The van der Waals surface area contributed by atoms with Crippen LogP contribution in [0.4, 0.5) is 5.69 Å². The number of hydrogen-bond acceptors (Lipinski definition) is 4. The number of aromatic nitrogens is 3. The molecule has 8 heteroatoms. The van der Waals surface area contributed by atoms with Gasteiger partial charge < -0.3 is 14.8 Å². The summed E-state index contributed by atoms with van der Waals surface area (Å²) in [5.74, 6) is 1.58. The monoisotopic (exact) mass is 477 g/mol. The first-order valence-electron chi connectivity index (χ1n) is 12.0. The lowest BCUT2D eigenvalue weighted by atomic mass is 9.96. The van der Waals surface area contributed by atoms with E-state index in [1.807, 2.05) is 24.3 Å². The van der Waals surface area contributed by atoms with Crippen LogP contribution in [0.3, 0.4) is 0 Å². The number of fused-ring (bicyclic) bond motifs is 1. The molecule has 34 heavy (non-hydrogen) atoms. The van der Waals surface area contributed by atoms with Crippen molar-refractivity contribution >= 4 is 29.1 Å². The van der Waals surface area contributed by atoms with E-state index in [0.717, 1.165) is 61.5 Å². The Morgan fingerprint density at radius 2 is 1.71 bits per heavy atom. The Morgan fingerprint density at radius 1 is 0.912 bits per heavy atom. The fraction of sp³-hybridized carbons (Fsp3) is 0.385. The van der Waals surface area contributed by atoms with Gasteiger partial charge in [-0.3, -0.25) is 9.59 Å². The second-order valence-electron chi connectivity index (χ2n) is 9.07. The summed E-state index contributed by atoms with van der Waals surface area (Å²) in [5, 5.41) is 12.4. The number of likely N-dealkylation sites (tertiary alicyclic amines) is 1. The minimum Gasteiger partial charge on any atom is -0.338 e. The van der Waals surface area contributed by atoms with Gasteiger partial charge in [0.15, 0.2) is 5.82 Å². The summed E-state index contributed by atoms with van der Waals surface area (Å²) in [7, 11) is 0. The lowest BCUT2D eigenvalue weighted by Crippen LogP contribution is -2.43. The second-order valence-corrected chi connectivity index (χ2v) is 9.50. The zero-order valence-electron chi connectivity index (χ0n) is 19.0. The average molecular weight is 478 g/mol. The van der Waals surface area contributed by atoms with E-state index < -0.39 is 0 Å². The van der Waals surface area contributed by atoms with E-state index in [1.54, 1.807) is 29.2 Å². The molecule has 2 amide bonds. The Hall–Kier alpha value is -3.19. The summed E-state index contributed by atoms with van der Waals surface area (Å²) in [6.07, 6.45) is 6.06. The number of nitrogens with one attached hydrogen (secondary N) is 1. The van der Waals surface area contributed by atoms with Crippen LogP contribution in [0.25, 0.3) is 11.4 Å². The fourth-order valence-electron chi connectivity index (χ4n) is 4.80. The van der Waals surface area contributed by atoms with Crippen LogP contribution >= 0.6 is 11.6 Å². The van der Waals surface area contributed by atoms with E-state index in [0.29, 0.717) is 23.7 Å². The number of rotatable bonds is 4. The van der Waals surface area contributed by atoms with Gasteiger partial charge in [-0.15, -0.1) is 10.2 Å². The molecule has 2 aliphatic heterocycles. The SMILES string of the molecule is O=C(Nc1ccc(-c2nnc3n2CCCCC3)cc1)C1CCCN(C(=O)c2ccc(Cl)cc2)C1. The van der Waals surface area contributed by atoms with Crippen molar-refractivity contribution in [1.82, 2.24) is 19.7 Å². The van der Waals surface area contributed by atoms with E-state index in [2.05, 4.69) is 20.1 Å². The molecule has 1 fully saturated rings. The van der Waals surface area contributed by atoms with Crippen LogP contribution < -0.4 is 5.32 Å². The normalized spacial score (nSPS) is 18.1. The van der Waals surface area contributed by atoms with Crippen LogP contribution in [-0.2, 0) is 17.8 Å². The highest BCUT2D eigenvalue weighted by Gasteiger charge is 2.29. The topological polar surface area (TPSA) is 80.1 Å². The maximum absolute atomic E-state index is 13.0. The Kier molecular flexibility index (Phi) is 6.63. The summed E-state index contributed by atoms with van der Waals surface area (Å²) in [6, 6.07) is 14.7. The summed E-state index contributed by atoms with van der Waals surface area (Å²) in [6.45, 7) is 2.02. The van der Waals surface area contributed by atoms with Gasteiger partial charge in [-0.2, -0.15) is 0 Å².